The molecule has 1 aromatic rings. The highest BCUT2D eigenvalue weighted by Gasteiger charge is 2.35. The number of piperidine rings is 1. The molecule has 1 aromatic heterocycles. The van der Waals surface area contributed by atoms with Crippen LogP contribution in [0.25, 0.3) is 0 Å². The number of pyridine rings is 1. The zero-order valence-electron chi connectivity index (χ0n) is 15.2. The lowest BCUT2D eigenvalue weighted by Crippen LogP contribution is -2.50. The fourth-order valence-corrected chi connectivity index (χ4v) is 4.15. The van der Waals surface area contributed by atoms with Gasteiger partial charge in [-0.1, -0.05) is 31.7 Å². The Morgan fingerprint density at radius 2 is 2.00 bits per heavy atom. The Morgan fingerprint density at radius 3 is 2.68 bits per heavy atom. The lowest BCUT2D eigenvalue weighted by atomic mass is 9.93. The van der Waals surface area contributed by atoms with Gasteiger partial charge in [-0.15, -0.1) is 0 Å². The molecule has 0 bridgehead atoms. The van der Waals surface area contributed by atoms with Crippen LogP contribution in [0.1, 0.15) is 56.9 Å². The molecule has 0 N–H and O–H groups in total. The molecule has 1 unspecified atom stereocenters. The first-order chi connectivity index (χ1) is 12.1. The quantitative estimate of drug-likeness (QED) is 0.790. The molecule has 0 spiro atoms. The minimum atomic E-state index is -0.0670. The number of aromatic nitrogens is 1. The van der Waals surface area contributed by atoms with Gasteiger partial charge in [-0.05, 0) is 30.9 Å². The maximum absolute atomic E-state index is 12.9. The smallest absolute Gasteiger partial charge is 0.227 e. The summed E-state index contributed by atoms with van der Waals surface area (Å²) in [7, 11) is 1.85. The van der Waals surface area contributed by atoms with Crippen LogP contribution in [0, 0.1) is 5.92 Å². The van der Waals surface area contributed by atoms with E-state index in [-0.39, 0.29) is 17.7 Å². The Labute approximate surface area is 150 Å². The van der Waals surface area contributed by atoms with Gasteiger partial charge in [0.05, 0.1) is 5.92 Å². The Bertz CT molecular complexity index is 582. The van der Waals surface area contributed by atoms with E-state index in [4.69, 9.17) is 0 Å². The summed E-state index contributed by atoms with van der Waals surface area (Å²) in [4.78, 5) is 33.2. The standard InChI is InChI=1S/C20H29N3O2/c1-22(14-16-7-6-12-21-13-16)20(25)17-10-11-19(24)23(15-17)18-8-4-2-3-5-9-18/h6-7,12-13,17-18H,2-5,8-11,14-15H2,1H3. The number of hydrogen-bond donors (Lipinski definition) is 0. The number of amides is 2. The first kappa shape index (κ1) is 17.9. The molecule has 2 fully saturated rings. The second kappa shape index (κ2) is 8.45. The molecular formula is C20H29N3O2. The van der Waals surface area contributed by atoms with Gasteiger partial charge in [-0.3, -0.25) is 14.6 Å². The van der Waals surface area contributed by atoms with E-state index in [1.165, 1.54) is 25.7 Å². The molecule has 1 saturated carbocycles. The van der Waals surface area contributed by atoms with E-state index in [0.29, 0.717) is 32.0 Å². The molecule has 1 aliphatic heterocycles. The van der Waals surface area contributed by atoms with E-state index in [0.717, 1.165) is 18.4 Å². The van der Waals surface area contributed by atoms with Crippen molar-refractivity contribution in [3.05, 3.63) is 30.1 Å². The molecule has 3 rings (SSSR count). The number of hydrogen-bond acceptors (Lipinski definition) is 3. The van der Waals surface area contributed by atoms with Crippen LogP contribution in [0.3, 0.4) is 0 Å². The van der Waals surface area contributed by atoms with Crippen molar-refractivity contribution >= 4 is 11.8 Å². The van der Waals surface area contributed by atoms with Crippen LogP contribution in [-0.2, 0) is 16.1 Å². The first-order valence-electron chi connectivity index (χ1n) is 9.58. The van der Waals surface area contributed by atoms with Crippen LogP contribution in [0.2, 0.25) is 0 Å². The summed E-state index contributed by atoms with van der Waals surface area (Å²) in [5.74, 6) is 0.323. The molecule has 0 radical (unpaired) electrons. The highest BCUT2D eigenvalue weighted by atomic mass is 16.2. The summed E-state index contributed by atoms with van der Waals surface area (Å²) >= 11 is 0. The molecule has 2 aliphatic rings. The van der Waals surface area contributed by atoms with Gasteiger partial charge in [0.1, 0.15) is 0 Å². The van der Waals surface area contributed by atoms with Crippen LogP contribution >= 0.6 is 0 Å². The molecule has 1 atom stereocenters. The van der Waals surface area contributed by atoms with Crippen molar-refractivity contribution in [3.63, 3.8) is 0 Å². The van der Waals surface area contributed by atoms with Gasteiger partial charge >= 0.3 is 0 Å². The summed E-state index contributed by atoms with van der Waals surface area (Å²) in [5, 5.41) is 0. The summed E-state index contributed by atoms with van der Waals surface area (Å²) in [6, 6.07) is 4.22. The third-order valence-electron chi connectivity index (χ3n) is 5.58. The van der Waals surface area contributed by atoms with Gasteiger partial charge in [-0.2, -0.15) is 0 Å². The van der Waals surface area contributed by atoms with Crippen LogP contribution in [0.5, 0.6) is 0 Å². The van der Waals surface area contributed by atoms with E-state index < -0.39 is 0 Å². The maximum Gasteiger partial charge on any atom is 0.227 e. The SMILES string of the molecule is CN(Cc1cccnc1)C(=O)C1CCC(=O)N(C2CCCCCC2)C1. The maximum atomic E-state index is 12.9. The van der Waals surface area contributed by atoms with E-state index in [1.807, 2.05) is 24.1 Å². The van der Waals surface area contributed by atoms with Gasteiger partial charge in [0, 0.05) is 45.0 Å². The molecule has 2 amide bonds. The highest BCUT2D eigenvalue weighted by molar-refractivity contribution is 5.84. The average molecular weight is 343 g/mol. The van der Waals surface area contributed by atoms with Crippen molar-refractivity contribution in [3.8, 4) is 0 Å². The third kappa shape index (κ3) is 4.59. The minimum absolute atomic E-state index is 0.0670. The fraction of sp³-hybridized carbons (Fsp3) is 0.650. The zero-order chi connectivity index (χ0) is 17.6. The summed E-state index contributed by atoms with van der Waals surface area (Å²) in [6.45, 7) is 1.17. The van der Waals surface area contributed by atoms with Crippen molar-refractivity contribution in [2.75, 3.05) is 13.6 Å². The molecular weight excluding hydrogens is 314 g/mol. The zero-order valence-corrected chi connectivity index (χ0v) is 15.2. The van der Waals surface area contributed by atoms with E-state index in [1.54, 1.807) is 17.3 Å². The van der Waals surface area contributed by atoms with Crippen LogP contribution in [-0.4, -0.2) is 46.2 Å². The number of rotatable bonds is 4. The van der Waals surface area contributed by atoms with Crippen LogP contribution in [0.4, 0.5) is 0 Å². The minimum Gasteiger partial charge on any atom is -0.341 e. The van der Waals surface area contributed by atoms with Crippen molar-refractivity contribution < 1.29 is 9.59 Å². The third-order valence-corrected chi connectivity index (χ3v) is 5.58. The van der Waals surface area contributed by atoms with Gasteiger partial charge in [0.15, 0.2) is 0 Å². The number of likely N-dealkylation sites (tertiary alicyclic amines) is 1. The van der Waals surface area contributed by atoms with E-state index in [9.17, 15) is 9.59 Å². The van der Waals surface area contributed by atoms with Crippen molar-refractivity contribution in [1.29, 1.82) is 0 Å². The van der Waals surface area contributed by atoms with Crippen LogP contribution < -0.4 is 0 Å². The molecule has 5 heteroatoms. The number of nitrogens with zero attached hydrogens (tertiary/aromatic N) is 3. The highest BCUT2D eigenvalue weighted by Crippen LogP contribution is 2.28. The Morgan fingerprint density at radius 1 is 1.24 bits per heavy atom. The van der Waals surface area contributed by atoms with Gasteiger partial charge < -0.3 is 9.80 Å². The van der Waals surface area contributed by atoms with Crippen molar-refractivity contribution in [2.45, 2.75) is 64.0 Å². The van der Waals surface area contributed by atoms with E-state index in [2.05, 4.69) is 4.98 Å². The van der Waals surface area contributed by atoms with Gasteiger partial charge in [0.25, 0.3) is 0 Å². The average Bonchev–Trinajstić information content (AvgIpc) is 2.91. The summed E-state index contributed by atoms with van der Waals surface area (Å²) in [5.41, 5.74) is 1.03. The topological polar surface area (TPSA) is 53.5 Å². The lowest BCUT2D eigenvalue weighted by Gasteiger charge is -2.38. The Kier molecular flexibility index (Phi) is 6.05. The molecule has 136 valence electrons. The molecule has 2 heterocycles. The van der Waals surface area contributed by atoms with Crippen molar-refractivity contribution in [1.82, 2.24) is 14.8 Å². The Balaban J connectivity index is 1.61. The molecule has 0 aromatic carbocycles. The molecule has 1 aliphatic carbocycles. The number of carbonyl (C=O) groups excluding carboxylic acids is 2. The predicted octanol–water partition coefficient (Wildman–Crippen LogP) is 3.00. The molecule has 25 heavy (non-hydrogen) atoms. The van der Waals surface area contributed by atoms with Crippen LogP contribution in [0.15, 0.2) is 24.5 Å². The number of carbonyl (C=O) groups is 2. The largest absolute Gasteiger partial charge is 0.341 e. The Hall–Kier alpha value is -1.91. The first-order valence-corrected chi connectivity index (χ1v) is 9.58. The lowest BCUT2D eigenvalue weighted by molar-refractivity contribution is -0.144. The second-order valence-corrected chi connectivity index (χ2v) is 7.48. The molecule has 5 nitrogen and oxygen atoms in total. The summed E-state index contributed by atoms with van der Waals surface area (Å²) in [6.07, 6.45) is 11.9. The predicted molar refractivity (Wildman–Crippen MR) is 96.6 cm³/mol. The summed E-state index contributed by atoms with van der Waals surface area (Å²) < 4.78 is 0. The monoisotopic (exact) mass is 343 g/mol. The van der Waals surface area contributed by atoms with Crippen molar-refractivity contribution in [2.24, 2.45) is 5.92 Å². The fourth-order valence-electron chi connectivity index (χ4n) is 4.15. The normalized spacial score (nSPS) is 22.5. The second-order valence-electron chi connectivity index (χ2n) is 7.48. The van der Waals surface area contributed by atoms with Gasteiger partial charge in [-0.25, -0.2) is 0 Å². The molecule has 1 saturated heterocycles. The van der Waals surface area contributed by atoms with Gasteiger partial charge in [0.2, 0.25) is 11.8 Å². The van der Waals surface area contributed by atoms with E-state index >= 15 is 0 Å².